The van der Waals surface area contributed by atoms with Crippen LogP contribution in [-0.4, -0.2) is 9.97 Å². The van der Waals surface area contributed by atoms with Crippen molar-refractivity contribution in [2.24, 2.45) is 0 Å². The molecule has 2 aromatic rings. The Hall–Kier alpha value is -1.26. The number of halogens is 1. The van der Waals surface area contributed by atoms with Gasteiger partial charge in [-0.2, -0.15) is 0 Å². The molecule has 0 saturated carbocycles. The highest BCUT2D eigenvalue weighted by Gasteiger charge is 2.05. The molecule has 2 heterocycles. The number of nitrogens with one attached hydrogen (secondary N) is 1. The first kappa shape index (κ1) is 12.2. The van der Waals surface area contributed by atoms with Crippen molar-refractivity contribution >= 4 is 15.9 Å². The minimum atomic E-state index is 0.219. The van der Waals surface area contributed by atoms with Gasteiger partial charge in [-0.25, -0.2) is 4.98 Å². The summed E-state index contributed by atoms with van der Waals surface area (Å²) in [6, 6.07) is 12.1. The zero-order chi connectivity index (χ0) is 12.1. The summed E-state index contributed by atoms with van der Waals surface area (Å²) >= 11 is 3.36. The maximum Gasteiger partial charge on any atom is 0.106 e. The van der Waals surface area contributed by atoms with Crippen molar-refractivity contribution in [2.75, 3.05) is 0 Å². The Morgan fingerprint density at radius 3 is 2.82 bits per heavy atom. The lowest BCUT2D eigenvalue weighted by Gasteiger charge is -2.12. The summed E-state index contributed by atoms with van der Waals surface area (Å²) in [6.07, 6.45) is 1.81. The molecular formula is C13H14BrN3. The van der Waals surface area contributed by atoms with Crippen molar-refractivity contribution in [3.8, 4) is 0 Å². The van der Waals surface area contributed by atoms with Crippen LogP contribution in [0.5, 0.6) is 0 Å². The maximum atomic E-state index is 4.37. The van der Waals surface area contributed by atoms with Crippen LogP contribution in [0.25, 0.3) is 0 Å². The number of rotatable bonds is 4. The van der Waals surface area contributed by atoms with Gasteiger partial charge in [0.1, 0.15) is 4.60 Å². The maximum absolute atomic E-state index is 4.37. The fourth-order valence-electron chi connectivity index (χ4n) is 1.54. The van der Waals surface area contributed by atoms with Crippen molar-refractivity contribution in [2.45, 2.75) is 19.5 Å². The van der Waals surface area contributed by atoms with Crippen molar-refractivity contribution in [3.05, 3.63) is 58.6 Å². The second-order valence-corrected chi connectivity index (χ2v) is 4.62. The van der Waals surface area contributed by atoms with E-state index in [1.807, 2.05) is 42.6 Å². The molecule has 2 rings (SSSR count). The molecule has 2 aromatic heterocycles. The van der Waals surface area contributed by atoms with Crippen LogP contribution < -0.4 is 5.32 Å². The molecule has 0 aromatic carbocycles. The van der Waals surface area contributed by atoms with E-state index < -0.39 is 0 Å². The normalized spacial score (nSPS) is 12.4. The Kier molecular flexibility index (Phi) is 4.23. The fourth-order valence-corrected chi connectivity index (χ4v) is 1.92. The van der Waals surface area contributed by atoms with Crippen molar-refractivity contribution < 1.29 is 0 Å². The first-order valence-corrected chi connectivity index (χ1v) is 6.31. The van der Waals surface area contributed by atoms with E-state index in [-0.39, 0.29) is 6.04 Å². The van der Waals surface area contributed by atoms with Crippen LogP contribution in [0.1, 0.15) is 24.4 Å². The van der Waals surface area contributed by atoms with E-state index in [1.54, 1.807) is 0 Å². The quantitative estimate of drug-likeness (QED) is 0.880. The van der Waals surface area contributed by atoms with E-state index in [4.69, 9.17) is 0 Å². The second-order valence-electron chi connectivity index (χ2n) is 3.81. The minimum absolute atomic E-state index is 0.219. The number of nitrogens with zero attached hydrogens (tertiary/aromatic N) is 2. The molecule has 1 atom stereocenters. The Morgan fingerprint density at radius 2 is 2.12 bits per heavy atom. The van der Waals surface area contributed by atoms with Gasteiger partial charge in [0.25, 0.3) is 0 Å². The van der Waals surface area contributed by atoms with Gasteiger partial charge in [0, 0.05) is 18.8 Å². The summed E-state index contributed by atoms with van der Waals surface area (Å²) in [7, 11) is 0. The third-order valence-corrected chi connectivity index (χ3v) is 2.94. The summed E-state index contributed by atoms with van der Waals surface area (Å²) in [4.78, 5) is 8.69. The zero-order valence-electron chi connectivity index (χ0n) is 9.60. The Bertz CT molecular complexity index is 473. The monoisotopic (exact) mass is 291 g/mol. The summed E-state index contributed by atoms with van der Waals surface area (Å²) in [5.74, 6) is 0. The van der Waals surface area contributed by atoms with Gasteiger partial charge in [-0.3, -0.25) is 4.98 Å². The van der Waals surface area contributed by atoms with Gasteiger partial charge < -0.3 is 5.32 Å². The Labute approximate surface area is 109 Å². The van der Waals surface area contributed by atoms with E-state index in [9.17, 15) is 0 Å². The third kappa shape index (κ3) is 3.61. The highest BCUT2D eigenvalue weighted by molar-refractivity contribution is 9.10. The van der Waals surface area contributed by atoms with Crippen LogP contribution in [0.15, 0.2) is 47.2 Å². The molecule has 0 aliphatic heterocycles. The van der Waals surface area contributed by atoms with E-state index in [0.29, 0.717) is 0 Å². The van der Waals surface area contributed by atoms with Gasteiger partial charge in [-0.05, 0) is 47.1 Å². The molecule has 1 N–H and O–H groups in total. The zero-order valence-corrected chi connectivity index (χ0v) is 11.2. The smallest absolute Gasteiger partial charge is 0.106 e. The molecule has 0 aliphatic carbocycles. The largest absolute Gasteiger partial charge is 0.303 e. The summed E-state index contributed by atoms with van der Waals surface area (Å²) in [5, 5.41) is 3.40. The van der Waals surface area contributed by atoms with Crippen LogP contribution in [-0.2, 0) is 6.54 Å². The van der Waals surface area contributed by atoms with E-state index in [1.165, 1.54) is 0 Å². The lowest BCUT2D eigenvalue weighted by Crippen LogP contribution is -2.19. The molecule has 0 bridgehead atoms. The first-order valence-electron chi connectivity index (χ1n) is 5.51. The summed E-state index contributed by atoms with van der Waals surface area (Å²) in [6.45, 7) is 2.83. The molecule has 0 amide bonds. The molecule has 0 fully saturated rings. The molecule has 4 heteroatoms. The third-order valence-electron chi connectivity index (χ3n) is 2.49. The van der Waals surface area contributed by atoms with Gasteiger partial charge in [-0.1, -0.05) is 12.1 Å². The Morgan fingerprint density at radius 1 is 1.24 bits per heavy atom. The lowest BCUT2D eigenvalue weighted by atomic mass is 10.2. The second kappa shape index (κ2) is 5.89. The summed E-state index contributed by atoms with van der Waals surface area (Å²) in [5.41, 5.74) is 2.06. The molecule has 17 heavy (non-hydrogen) atoms. The number of pyridine rings is 2. The fraction of sp³-hybridized carbons (Fsp3) is 0.231. The van der Waals surface area contributed by atoms with Crippen LogP contribution in [0.2, 0.25) is 0 Å². The van der Waals surface area contributed by atoms with Crippen molar-refractivity contribution in [1.82, 2.24) is 15.3 Å². The molecule has 3 nitrogen and oxygen atoms in total. The van der Waals surface area contributed by atoms with Gasteiger partial charge in [0.2, 0.25) is 0 Å². The molecule has 0 saturated heterocycles. The van der Waals surface area contributed by atoms with Crippen molar-refractivity contribution in [1.29, 1.82) is 0 Å². The molecule has 1 unspecified atom stereocenters. The average molecular weight is 292 g/mol. The van der Waals surface area contributed by atoms with Gasteiger partial charge >= 0.3 is 0 Å². The van der Waals surface area contributed by atoms with Crippen LogP contribution in [0.4, 0.5) is 0 Å². The van der Waals surface area contributed by atoms with Crippen LogP contribution >= 0.6 is 15.9 Å². The minimum Gasteiger partial charge on any atom is -0.303 e. The van der Waals surface area contributed by atoms with Crippen molar-refractivity contribution in [3.63, 3.8) is 0 Å². The van der Waals surface area contributed by atoms with Crippen LogP contribution in [0, 0.1) is 0 Å². The summed E-state index contributed by atoms with van der Waals surface area (Å²) < 4.78 is 0.863. The molecule has 0 radical (unpaired) electrons. The number of aromatic nitrogens is 2. The van der Waals surface area contributed by atoms with Gasteiger partial charge in [0.05, 0.1) is 11.4 Å². The van der Waals surface area contributed by atoms with E-state index in [2.05, 4.69) is 38.1 Å². The highest BCUT2D eigenvalue weighted by atomic mass is 79.9. The lowest BCUT2D eigenvalue weighted by molar-refractivity contribution is 0.555. The molecule has 0 aliphatic rings. The first-order chi connectivity index (χ1) is 8.25. The van der Waals surface area contributed by atoms with Gasteiger partial charge in [0.15, 0.2) is 0 Å². The molecule has 88 valence electrons. The number of hydrogen-bond donors (Lipinski definition) is 1. The SMILES string of the molecule is CC(NCc1cccc(Br)n1)c1ccccn1. The number of hydrogen-bond acceptors (Lipinski definition) is 3. The predicted octanol–water partition coefficient (Wildman–Crippen LogP) is 3.09. The van der Waals surface area contributed by atoms with Gasteiger partial charge in [-0.15, -0.1) is 0 Å². The average Bonchev–Trinajstić information content (AvgIpc) is 2.37. The highest BCUT2D eigenvalue weighted by Crippen LogP contribution is 2.10. The van der Waals surface area contributed by atoms with E-state index >= 15 is 0 Å². The molecule has 0 spiro atoms. The predicted molar refractivity (Wildman–Crippen MR) is 71.4 cm³/mol. The Balaban J connectivity index is 1.95. The topological polar surface area (TPSA) is 37.8 Å². The van der Waals surface area contributed by atoms with Crippen LogP contribution in [0.3, 0.4) is 0 Å². The molecular weight excluding hydrogens is 278 g/mol. The van der Waals surface area contributed by atoms with E-state index in [0.717, 1.165) is 22.5 Å². The standard InChI is InChI=1S/C13H14BrN3/c1-10(12-6-2-3-8-15-12)16-9-11-5-4-7-13(14)17-11/h2-8,10,16H,9H2,1H3.